The summed E-state index contributed by atoms with van der Waals surface area (Å²) in [6, 6.07) is 12.8. The van der Waals surface area contributed by atoms with Crippen LogP contribution < -0.4 is 25.7 Å². The summed E-state index contributed by atoms with van der Waals surface area (Å²) < 4.78 is 12.4. The maximum Gasteiger partial charge on any atom is 0.260 e. The highest BCUT2D eigenvalue weighted by atomic mass is 35.5. The van der Waals surface area contributed by atoms with E-state index in [-0.39, 0.29) is 23.7 Å². The molecule has 0 fully saturated rings. The molecule has 4 rings (SSSR count). The van der Waals surface area contributed by atoms with Crippen molar-refractivity contribution in [2.24, 2.45) is 0 Å². The van der Waals surface area contributed by atoms with Crippen molar-refractivity contribution in [1.82, 2.24) is 14.5 Å². The molecule has 0 aliphatic heterocycles. The number of ether oxygens (including phenoxy) is 2. The van der Waals surface area contributed by atoms with E-state index < -0.39 is 0 Å². The number of halogens is 1. The number of rotatable bonds is 13. The third-order valence-electron chi connectivity index (χ3n) is 6.24. The number of fused-ring (bicyclic) bond motifs is 1. The second-order valence-corrected chi connectivity index (χ2v) is 9.28. The lowest BCUT2D eigenvalue weighted by atomic mass is 10.0. The number of hydrogen-bond acceptors (Lipinski definition) is 9. The maximum absolute atomic E-state index is 14.0. The molecule has 10 nitrogen and oxygen atoms in total. The van der Waals surface area contributed by atoms with Crippen molar-refractivity contribution >= 4 is 40.6 Å². The van der Waals surface area contributed by atoms with Gasteiger partial charge in [0.15, 0.2) is 0 Å². The zero-order chi connectivity index (χ0) is 28.6. The van der Waals surface area contributed by atoms with Crippen LogP contribution in [0.4, 0.5) is 11.6 Å². The van der Waals surface area contributed by atoms with Crippen LogP contribution in [0.25, 0.3) is 22.2 Å². The lowest BCUT2D eigenvalue weighted by Gasteiger charge is -2.16. The molecule has 2 aromatic carbocycles. The average Bonchev–Trinajstić information content (AvgIpc) is 2.98. The number of methoxy groups -OCH3 is 2. The number of carbonyl (C=O) groups is 1. The number of benzene rings is 2. The molecule has 3 N–H and O–H groups in total. The maximum atomic E-state index is 14.0. The summed E-state index contributed by atoms with van der Waals surface area (Å²) in [7, 11) is 3.02. The van der Waals surface area contributed by atoms with E-state index in [2.05, 4.69) is 27.2 Å². The van der Waals surface area contributed by atoms with Gasteiger partial charge in [-0.05, 0) is 36.2 Å². The van der Waals surface area contributed by atoms with E-state index >= 15 is 0 Å². The fourth-order valence-corrected chi connectivity index (χ4v) is 4.42. The van der Waals surface area contributed by atoms with E-state index in [4.69, 9.17) is 21.1 Å². The Morgan fingerprint density at radius 1 is 1.12 bits per heavy atom. The van der Waals surface area contributed by atoms with E-state index in [9.17, 15) is 14.7 Å². The van der Waals surface area contributed by atoms with Gasteiger partial charge in [-0.1, -0.05) is 30.3 Å². The number of aromatic nitrogens is 3. The van der Waals surface area contributed by atoms with Crippen LogP contribution in [0.3, 0.4) is 0 Å². The Labute approximate surface area is 236 Å². The van der Waals surface area contributed by atoms with Gasteiger partial charge in [0.1, 0.15) is 23.4 Å². The summed E-state index contributed by atoms with van der Waals surface area (Å²) in [4.78, 5) is 33.7. The molecule has 208 valence electrons. The number of hydrogen-bond donors (Lipinski definition) is 3. The van der Waals surface area contributed by atoms with Crippen LogP contribution in [0.2, 0.25) is 5.02 Å². The molecule has 0 aliphatic carbocycles. The zero-order valence-corrected chi connectivity index (χ0v) is 23.0. The molecule has 11 heteroatoms. The van der Waals surface area contributed by atoms with Gasteiger partial charge in [-0.25, -0.2) is 4.98 Å². The predicted octanol–water partition coefficient (Wildman–Crippen LogP) is 3.94. The molecule has 2 heterocycles. The molecule has 0 saturated heterocycles. The molecule has 4 aromatic rings. The Morgan fingerprint density at radius 2 is 1.90 bits per heavy atom. The third-order valence-corrected chi connectivity index (χ3v) is 6.63. The highest BCUT2D eigenvalue weighted by Crippen LogP contribution is 2.38. The van der Waals surface area contributed by atoms with Gasteiger partial charge in [0.25, 0.3) is 5.56 Å². The number of nitrogens with one attached hydrogen (secondary N) is 2. The van der Waals surface area contributed by atoms with Crippen molar-refractivity contribution in [2.75, 3.05) is 44.5 Å². The number of pyridine rings is 1. The SMILES string of the molecule is C=C(C=O)CNc1ccc(CCn2c(=O)c(-c3cc(OC)cc(OC)c3Cl)cc3cnc(NCCO)nc32)cc1. The lowest BCUT2D eigenvalue weighted by Crippen LogP contribution is -2.24. The van der Waals surface area contributed by atoms with Gasteiger partial charge in [-0.15, -0.1) is 0 Å². The molecular weight excluding hydrogens is 534 g/mol. The minimum atomic E-state index is -0.290. The zero-order valence-electron chi connectivity index (χ0n) is 22.2. The minimum Gasteiger partial charge on any atom is -0.497 e. The van der Waals surface area contributed by atoms with Crippen molar-refractivity contribution in [3.8, 4) is 22.6 Å². The van der Waals surface area contributed by atoms with Crippen molar-refractivity contribution in [1.29, 1.82) is 0 Å². The molecule has 0 atom stereocenters. The van der Waals surface area contributed by atoms with Crippen molar-refractivity contribution in [2.45, 2.75) is 13.0 Å². The summed E-state index contributed by atoms with van der Waals surface area (Å²) in [5, 5.41) is 16.2. The van der Waals surface area contributed by atoms with Gasteiger partial charge in [0.2, 0.25) is 5.95 Å². The number of aldehydes is 1. The number of carbonyl (C=O) groups excluding carboxylic acids is 1. The minimum absolute atomic E-state index is 0.0859. The highest BCUT2D eigenvalue weighted by Gasteiger charge is 2.19. The Bertz CT molecular complexity index is 1590. The van der Waals surface area contributed by atoms with E-state index in [1.165, 1.54) is 14.2 Å². The fraction of sp³-hybridized carbons (Fsp3) is 0.241. The number of aryl methyl sites for hydroxylation is 2. The second-order valence-electron chi connectivity index (χ2n) is 8.91. The van der Waals surface area contributed by atoms with Crippen LogP contribution in [-0.4, -0.2) is 59.8 Å². The Balaban J connectivity index is 1.75. The first-order valence-corrected chi connectivity index (χ1v) is 12.9. The quantitative estimate of drug-likeness (QED) is 0.164. The van der Waals surface area contributed by atoms with E-state index in [0.29, 0.717) is 64.7 Å². The molecule has 0 spiro atoms. The number of anilines is 2. The summed E-state index contributed by atoms with van der Waals surface area (Å²) in [5.74, 6) is 1.18. The van der Waals surface area contributed by atoms with Crippen molar-refractivity contribution < 1.29 is 19.4 Å². The molecule has 0 unspecified atom stereocenters. The number of aliphatic hydroxyl groups excluding tert-OH is 1. The van der Waals surface area contributed by atoms with Gasteiger partial charge in [0, 0.05) is 59.7 Å². The van der Waals surface area contributed by atoms with Gasteiger partial charge < -0.3 is 25.2 Å². The van der Waals surface area contributed by atoms with Crippen molar-refractivity contribution in [3.05, 3.63) is 81.8 Å². The number of nitrogens with zero attached hydrogens (tertiary/aromatic N) is 3. The van der Waals surface area contributed by atoms with E-state index in [1.807, 2.05) is 24.3 Å². The Hall–Kier alpha value is -4.41. The topological polar surface area (TPSA) is 128 Å². The van der Waals surface area contributed by atoms with Gasteiger partial charge in [-0.2, -0.15) is 4.98 Å². The molecule has 40 heavy (non-hydrogen) atoms. The van der Waals surface area contributed by atoms with E-state index in [0.717, 1.165) is 17.5 Å². The molecule has 0 radical (unpaired) electrons. The van der Waals surface area contributed by atoms with Crippen LogP contribution in [0.15, 0.2) is 65.6 Å². The third kappa shape index (κ3) is 6.41. The van der Waals surface area contributed by atoms with Crippen LogP contribution in [0.5, 0.6) is 11.5 Å². The largest absolute Gasteiger partial charge is 0.497 e. The van der Waals surface area contributed by atoms with E-state index in [1.54, 1.807) is 29.0 Å². The monoisotopic (exact) mass is 563 g/mol. The molecular formula is C29H30ClN5O5. The Kier molecular flexibility index (Phi) is 9.36. The molecule has 0 amide bonds. The summed E-state index contributed by atoms with van der Waals surface area (Å²) in [6.45, 7) is 4.54. The summed E-state index contributed by atoms with van der Waals surface area (Å²) >= 11 is 6.65. The molecule has 2 aromatic heterocycles. The molecule has 0 aliphatic rings. The average molecular weight is 564 g/mol. The fourth-order valence-electron chi connectivity index (χ4n) is 4.13. The summed E-state index contributed by atoms with van der Waals surface area (Å²) in [6.07, 6.45) is 2.89. The van der Waals surface area contributed by atoms with Crippen LogP contribution in [0.1, 0.15) is 5.56 Å². The second kappa shape index (κ2) is 13.1. The van der Waals surface area contributed by atoms with Crippen molar-refractivity contribution in [3.63, 3.8) is 0 Å². The number of aliphatic hydroxyl groups is 1. The van der Waals surface area contributed by atoms with Crippen LogP contribution >= 0.6 is 11.6 Å². The van der Waals surface area contributed by atoms with Crippen LogP contribution in [0, 0.1) is 0 Å². The van der Waals surface area contributed by atoms with Gasteiger partial charge in [-0.3, -0.25) is 14.2 Å². The first-order valence-electron chi connectivity index (χ1n) is 12.5. The summed E-state index contributed by atoms with van der Waals surface area (Å²) in [5.41, 5.74) is 3.28. The Morgan fingerprint density at radius 3 is 2.58 bits per heavy atom. The lowest BCUT2D eigenvalue weighted by molar-refractivity contribution is -0.104. The van der Waals surface area contributed by atoms with Gasteiger partial charge >= 0.3 is 0 Å². The molecule has 0 bridgehead atoms. The molecule has 0 saturated carbocycles. The normalized spacial score (nSPS) is 10.8. The first-order chi connectivity index (χ1) is 19.4. The first kappa shape index (κ1) is 28.6. The standard InChI is InChI=1S/C29H30ClN5O5/c1-18(17-37)15-32-21-6-4-19(5-7-21)8-10-35-27-20(16-33-29(34-27)31-9-11-36)12-24(28(35)38)23-13-22(39-2)14-25(40-3)26(23)30/h4-7,12-14,16-17,32,36H,1,8-11,15H2,2-3H3,(H,31,33,34). The predicted molar refractivity (Wildman–Crippen MR) is 157 cm³/mol. The highest BCUT2D eigenvalue weighted by molar-refractivity contribution is 6.35. The van der Waals surface area contributed by atoms with Crippen LogP contribution in [-0.2, 0) is 17.8 Å². The smallest absolute Gasteiger partial charge is 0.260 e. The van der Waals surface area contributed by atoms with Gasteiger partial charge in [0.05, 0.1) is 25.8 Å².